The van der Waals surface area contributed by atoms with E-state index in [-0.39, 0.29) is 23.7 Å². The Morgan fingerprint density at radius 1 is 0.925 bits per heavy atom. The topological polar surface area (TPSA) is 106 Å². The molecule has 9 heteroatoms. The van der Waals surface area contributed by atoms with Gasteiger partial charge in [0.2, 0.25) is 0 Å². The highest BCUT2D eigenvalue weighted by molar-refractivity contribution is 7.99. The van der Waals surface area contributed by atoms with Gasteiger partial charge >= 0.3 is 0 Å². The summed E-state index contributed by atoms with van der Waals surface area (Å²) in [7, 11) is 0. The number of benzene rings is 3. The molecule has 0 bridgehead atoms. The smallest absolute Gasteiger partial charge is 0.251 e. The molecule has 0 radical (unpaired) electrons. The Balaban J connectivity index is 1.48. The first-order chi connectivity index (χ1) is 19.3. The predicted octanol–water partition coefficient (Wildman–Crippen LogP) is 7.26. The highest BCUT2D eigenvalue weighted by atomic mass is 32.2. The lowest BCUT2D eigenvalue weighted by atomic mass is 10.1. The number of aromatic nitrogens is 3. The molecule has 0 aliphatic carbocycles. The molecule has 0 unspecified atom stereocenters. The summed E-state index contributed by atoms with van der Waals surface area (Å²) in [5.41, 5.74) is 10.1. The lowest BCUT2D eigenvalue weighted by Gasteiger charge is -2.17. The van der Waals surface area contributed by atoms with Crippen LogP contribution in [0.5, 0.6) is 0 Å². The number of anilines is 3. The van der Waals surface area contributed by atoms with Gasteiger partial charge in [0, 0.05) is 26.7 Å². The molecule has 5 aromatic rings. The maximum Gasteiger partial charge on any atom is 0.251 e. The average Bonchev–Trinajstić information content (AvgIpc) is 2.95. The van der Waals surface area contributed by atoms with Gasteiger partial charge in [-0.25, -0.2) is 19.3 Å². The van der Waals surface area contributed by atoms with Crippen molar-refractivity contribution in [1.29, 1.82) is 0 Å². The zero-order valence-electron chi connectivity index (χ0n) is 22.4. The second-order valence-electron chi connectivity index (χ2n) is 9.74. The van der Waals surface area contributed by atoms with Crippen LogP contribution in [0.2, 0.25) is 0 Å². The normalized spacial score (nSPS) is 11.9. The number of pyridine rings is 1. The summed E-state index contributed by atoms with van der Waals surface area (Å²) in [6.45, 7) is 6.03. The molecule has 0 fully saturated rings. The highest BCUT2D eigenvalue weighted by Gasteiger charge is 2.16. The maximum absolute atomic E-state index is 13.4. The summed E-state index contributed by atoms with van der Waals surface area (Å²) >= 11 is 1.54. The van der Waals surface area contributed by atoms with Gasteiger partial charge in [-0.3, -0.25) is 4.79 Å². The van der Waals surface area contributed by atoms with Crippen molar-refractivity contribution >= 4 is 45.9 Å². The van der Waals surface area contributed by atoms with Crippen LogP contribution in [0.4, 0.5) is 21.6 Å². The zero-order chi connectivity index (χ0) is 28.2. The number of carbonyl (C=O) groups is 1. The van der Waals surface area contributed by atoms with Crippen molar-refractivity contribution in [3.63, 3.8) is 0 Å². The van der Waals surface area contributed by atoms with Gasteiger partial charge in [0.15, 0.2) is 5.65 Å². The molecule has 4 N–H and O–H groups in total. The fraction of sp³-hybridized carbons (Fsp3) is 0.161. The van der Waals surface area contributed by atoms with Crippen molar-refractivity contribution < 1.29 is 9.18 Å². The minimum atomic E-state index is -0.319. The van der Waals surface area contributed by atoms with E-state index in [1.807, 2.05) is 49.4 Å². The van der Waals surface area contributed by atoms with Gasteiger partial charge in [-0.1, -0.05) is 37.7 Å². The van der Waals surface area contributed by atoms with Crippen LogP contribution in [-0.2, 0) is 0 Å². The van der Waals surface area contributed by atoms with Crippen molar-refractivity contribution in [3.05, 3.63) is 108 Å². The number of nitrogens with zero attached hydrogens (tertiary/aromatic N) is 3. The zero-order valence-corrected chi connectivity index (χ0v) is 23.2. The molecule has 7 nitrogen and oxygen atoms in total. The first-order valence-corrected chi connectivity index (χ1v) is 13.7. The number of nitrogens with one attached hydrogen (secondary N) is 2. The molecule has 5 rings (SSSR count). The van der Waals surface area contributed by atoms with E-state index in [9.17, 15) is 9.18 Å². The van der Waals surface area contributed by atoms with E-state index in [1.165, 1.54) is 18.5 Å². The number of halogens is 1. The molecule has 40 heavy (non-hydrogen) atoms. The molecule has 1 atom stereocenters. The molecule has 202 valence electrons. The summed E-state index contributed by atoms with van der Waals surface area (Å²) in [5, 5.41) is 7.20. The summed E-state index contributed by atoms with van der Waals surface area (Å²) in [6, 6.07) is 22.8. The second kappa shape index (κ2) is 11.7. The SMILES string of the molecule is CC(C)c1ccc2c(Nc3cc(C(=O)N[C@@H](C)c4ccc(F)cc4)ccc3Sc3ccc(N)cc3)ncnc2n1. The van der Waals surface area contributed by atoms with Crippen LogP contribution >= 0.6 is 11.8 Å². The Labute approximate surface area is 236 Å². The third kappa shape index (κ3) is 6.21. The molecule has 0 saturated carbocycles. The highest BCUT2D eigenvalue weighted by Crippen LogP contribution is 2.37. The Morgan fingerprint density at radius 3 is 2.40 bits per heavy atom. The minimum Gasteiger partial charge on any atom is -0.399 e. The number of carbonyl (C=O) groups excluding carboxylic acids is 1. The molecule has 2 aromatic heterocycles. The van der Waals surface area contributed by atoms with Crippen molar-refractivity contribution in [2.24, 2.45) is 0 Å². The second-order valence-corrected chi connectivity index (χ2v) is 10.9. The number of amides is 1. The third-order valence-electron chi connectivity index (χ3n) is 6.43. The fourth-order valence-electron chi connectivity index (χ4n) is 4.14. The minimum absolute atomic E-state index is 0.250. The molecule has 0 aliphatic heterocycles. The number of fused-ring (bicyclic) bond motifs is 1. The quantitative estimate of drug-likeness (QED) is 0.174. The van der Waals surface area contributed by atoms with Crippen molar-refractivity contribution in [3.8, 4) is 0 Å². The van der Waals surface area contributed by atoms with Crippen molar-refractivity contribution in [2.75, 3.05) is 11.1 Å². The Morgan fingerprint density at radius 2 is 1.68 bits per heavy atom. The summed E-state index contributed by atoms with van der Waals surface area (Å²) in [5.74, 6) is 0.287. The lowest BCUT2D eigenvalue weighted by molar-refractivity contribution is 0.0940. The van der Waals surface area contributed by atoms with Crippen LogP contribution in [0.1, 0.15) is 54.3 Å². The van der Waals surface area contributed by atoms with Gasteiger partial charge in [-0.15, -0.1) is 0 Å². The number of nitrogens with two attached hydrogens (primary N) is 1. The Hall–Kier alpha value is -4.50. The lowest BCUT2D eigenvalue weighted by Crippen LogP contribution is -2.26. The fourth-order valence-corrected chi connectivity index (χ4v) is 5.02. The van der Waals surface area contributed by atoms with Crippen LogP contribution in [-0.4, -0.2) is 20.9 Å². The van der Waals surface area contributed by atoms with Gasteiger partial charge in [0.05, 0.1) is 17.1 Å². The van der Waals surface area contributed by atoms with Crippen molar-refractivity contribution in [2.45, 2.75) is 42.5 Å². The molecule has 3 aromatic carbocycles. The first kappa shape index (κ1) is 27.1. The van der Waals surface area contributed by atoms with Crippen LogP contribution in [0.25, 0.3) is 11.0 Å². The van der Waals surface area contributed by atoms with Crippen LogP contribution in [0.3, 0.4) is 0 Å². The van der Waals surface area contributed by atoms with Gasteiger partial charge in [0.1, 0.15) is 18.0 Å². The van der Waals surface area contributed by atoms with Crippen molar-refractivity contribution in [1.82, 2.24) is 20.3 Å². The van der Waals surface area contributed by atoms with Gasteiger partial charge in [-0.05, 0) is 85.1 Å². The average molecular weight is 553 g/mol. The molecule has 0 saturated heterocycles. The number of rotatable bonds is 8. The van der Waals surface area contributed by atoms with Crippen LogP contribution < -0.4 is 16.4 Å². The summed E-state index contributed by atoms with van der Waals surface area (Å²) in [6.07, 6.45) is 1.48. The molecular weight excluding hydrogens is 523 g/mol. The van der Waals surface area contributed by atoms with Gasteiger partial charge < -0.3 is 16.4 Å². The molecule has 2 heterocycles. The van der Waals surface area contributed by atoms with E-state index in [2.05, 4.69) is 34.4 Å². The molecule has 1 amide bonds. The molecule has 0 spiro atoms. The molecule has 0 aliphatic rings. The van der Waals surface area contributed by atoms with E-state index >= 15 is 0 Å². The van der Waals surface area contributed by atoms with Crippen LogP contribution in [0.15, 0.2) is 95.0 Å². The van der Waals surface area contributed by atoms with E-state index in [1.54, 1.807) is 36.0 Å². The van der Waals surface area contributed by atoms with Crippen LogP contribution in [0, 0.1) is 5.82 Å². The predicted molar refractivity (Wildman–Crippen MR) is 158 cm³/mol. The Kier molecular flexibility index (Phi) is 7.93. The maximum atomic E-state index is 13.4. The monoisotopic (exact) mass is 552 g/mol. The molecular formula is C31H29FN6OS. The van der Waals surface area contributed by atoms with E-state index < -0.39 is 0 Å². The van der Waals surface area contributed by atoms with Gasteiger partial charge in [-0.2, -0.15) is 0 Å². The Bertz CT molecular complexity index is 1660. The van der Waals surface area contributed by atoms with E-state index in [0.717, 1.165) is 26.4 Å². The number of hydrogen-bond acceptors (Lipinski definition) is 7. The van der Waals surface area contributed by atoms with E-state index in [4.69, 9.17) is 10.7 Å². The largest absolute Gasteiger partial charge is 0.399 e. The number of hydrogen-bond donors (Lipinski definition) is 3. The first-order valence-electron chi connectivity index (χ1n) is 12.9. The van der Waals surface area contributed by atoms with E-state index in [0.29, 0.717) is 28.4 Å². The van der Waals surface area contributed by atoms with Gasteiger partial charge in [0.25, 0.3) is 5.91 Å². The summed E-state index contributed by atoms with van der Waals surface area (Å²) in [4.78, 5) is 28.7. The summed E-state index contributed by atoms with van der Waals surface area (Å²) < 4.78 is 13.4. The number of nitrogen functional groups attached to an aromatic ring is 1. The standard InChI is InChI=1S/C31H29FN6OS/c1-18(2)26-14-13-25-29(37-26)34-17-35-30(25)38-27-16-21(6-15-28(27)40-24-11-9-23(33)10-12-24)31(39)36-19(3)20-4-7-22(32)8-5-20/h4-19H,33H2,1-3H3,(H,36,39)(H,34,35,37,38)/t19-/m0/s1. The third-order valence-corrected chi connectivity index (χ3v) is 7.51.